The summed E-state index contributed by atoms with van der Waals surface area (Å²) < 4.78 is 22.6. The molecule has 1 aromatic carbocycles. The first-order chi connectivity index (χ1) is 9.62. The molecule has 4 rings (SSSR count). The van der Waals surface area contributed by atoms with Gasteiger partial charge in [0, 0.05) is 0 Å². The van der Waals surface area contributed by atoms with E-state index in [1.54, 1.807) is 13.4 Å². The molecule has 0 amide bonds. The van der Waals surface area contributed by atoms with Crippen LogP contribution in [0.4, 0.5) is 0 Å². The summed E-state index contributed by atoms with van der Waals surface area (Å²) in [7, 11) is 1.65. The Labute approximate surface area is 121 Å². The van der Waals surface area contributed by atoms with Gasteiger partial charge in [0.1, 0.15) is 0 Å². The Kier molecular flexibility index (Phi) is 2.32. The Hall–Kier alpha value is -1.78. The molecule has 0 bridgehead atoms. The van der Waals surface area contributed by atoms with Crippen LogP contribution in [0.1, 0.15) is 18.3 Å². The molecule has 0 saturated carbocycles. The number of hydrogen-bond acceptors (Lipinski definition) is 5. The van der Waals surface area contributed by atoms with Crippen LogP contribution in [-0.4, -0.2) is 31.0 Å². The van der Waals surface area contributed by atoms with Crippen molar-refractivity contribution in [3.63, 3.8) is 0 Å². The van der Waals surface area contributed by atoms with Crippen molar-refractivity contribution >= 4 is 25.7 Å². The molecule has 0 saturated heterocycles. The first-order valence-electron chi connectivity index (χ1n) is 6.22. The second kappa shape index (κ2) is 3.87. The van der Waals surface area contributed by atoms with Gasteiger partial charge in [-0.25, -0.2) is 0 Å². The molecule has 3 heterocycles. The third kappa shape index (κ3) is 1.43. The normalized spacial score (nSPS) is 15.6. The maximum atomic E-state index is 6.15. The molecule has 0 N–H and O–H groups in total. The molecule has 102 valence electrons. The van der Waals surface area contributed by atoms with Gasteiger partial charge in [0.15, 0.2) is 0 Å². The number of ether oxygens (including phenoxy) is 2. The summed E-state index contributed by atoms with van der Waals surface area (Å²) in [6.07, 6.45) is 1.65. The van der Waals surface area contributed by atoms with E-state index >= 15 is 0 Å². The van der Waals surface area contributed by atoms with Gasteiger partial charge in [-0.05, 0) is 0 Å². The van der Waals surface area contributed by atoms with E-state index in [0.29, 0.717) is 0 Å². The summed E-state index contributed by atoms with van der Waals surface area (Å²) in [5.74, 6) is 1.48. The van der Waals surface area contributed by atoms with E-state index in [9.17, 15) is 0 Å². The summed E-state index contributed by atoms with van der Waals surface area (Å²) in [6, 6.07) is 3.80. The van der Waals surface area contributed by atoms with E-state index in [0.717, 1.165) is 38.2 Å². The molecule has 3 aromatic rings. The van der Waals surface area contributed by atoms with Crippen molar-refractivity contribution in [3.8, 4) is 22.8 Å². The Balaban J connectivity index is 2.14. The van der Waals surface area contributed by atoms with Crippen molar-refractivity contribution in [1.82, 2.24) is 9.19 Å². The van der Waals surface area contributed by atoms with Crippen LogP contribution in [0.2, 0.25) is 0 Å². The maximum absolute atomic E-state index is 6.15. The van der Waals surface area contributed by atoms with Crippen LogP contribution in [-0.2, 0) is 5.60 Å². The van der Waals surface area contributed by atoms with E-state index in [4.69, 9.17) is 13.9 Å². The summed E-state index contributed by atoms with van der Waals surface area (Å²) >= 11 is -0.00706. The van der Waals surface area contributed by atoms with Gasteiger partial charge >= 0.3 is 121 Å². The van der Waals surface area contributed by atoms with Gasteiger partial charge in [0.05, 0.1) is 0 Å². The third-order valence-corrected chi connectivity index (χ3v) is 5.68. The van der Waals surface area contributed by atoms with Crippen LogP contribution in [0.3, 0.4) is 0 Å². The van der Waals surface area contributed by atoms with E-state index < -0.39 is 5.60 Å². The Morgan fingerprint density at radius 1 is 1.35 bits per heavy atom. The number of aromatic nitrogens is 2. The Morgan fingerprint density at radius 3 is 3.00 bits per heavy atom. The fraction of sp³-hybridized carbons (Fsp3) is 0.286. The summed E-state index contributed by atoms with van der Waals surface area (Å²) in [5, 5.41) is 5.26. The van der Waals surface area contributed by atoms with E-state index in [1.807, 2.05) is 26.0 Å². The summed E-state index contributed by atoms with van der Waals surface area (Å²) in [4.78, 5) is 0. The van der Waals surface area contributed by atoms with Gasteiger partial charge in [0.2, 0.25) is 0 Å². The number of fused-ring (bicyclic) bond motifs is 4. The SMILES string of the molecule is COc1c2c(cc3occc13)OC(C)(C)c1[se]nnc1-2. The van der Waals surface area contributed by atoms with Gasteiger partial charge in [0.25, 0.3) is 0 Å². The molecule has 1 aliphatic heterocycles. The summed E-state index contributed by atoms with van der Waals surface area (Å²) in [6.45, 7) is 4.09. The van der Waals surface area contributed by atoms with Crippen molar-refractivity contribution in [2.24, 2.45) is 0 Å². The molecule has 0 aliphatic carbocycles. The van der Waals surface area contributed by atoms with E-state index in [-0.39, 0.29) is 14.7 Å². The molecule has 0 radical (unpaired) electrons. The van der Waals surface area contributed by atoms with Crippen molar-refractivity contribution in [3.05, 3.63) is 22.8 Å². The van der Waals surface area contributed by atoms with Crippen LogP contribution in [0.25, 0.3) is 22.2 Å². The predicted octanol–water partition coefficient (Wildman–Crippen LogP) is 2.58. The molecular formula is C14H12N2O3Se. The molecule has 20 heavy (non-hydrogen) atoms. The number of methoxy groups -OCH3 is 1. The number of furan rings is 1. The van der Waals surface area contributed by atoms with Gasteiger partial charge < -0.3 is 0 Å². The van der Waals surface area contributed by atoms with Crippen molar-refractivity contribution in [1.29, 1.82) is 0 Å². The van der Waals surface area contributed by atoms with E-state index in [2.05, 4.69) is 9.19 Å². The topological polar surface area (TPSA) is 57.4 Å². The number of rotatable bonds is 1. The zero-order valence-electron chi connectivity index (χ0n) is 11.3. The van der Waals surface area contributed by atoms with Crippen LogP contribution in [0.15, 0.2) is 22.8 Å². The molecule has 1 aliphatic rings. The minimum absolute atomic E-state index is 0.00706. The van der Waals surface area contributed by atoms with Gasteiger partial charge in [-0.15, -0.1) is 0 Å². The Morgan fingerprint density at radius 2 is 2.20 bits per heavy atom. The van der Waals surface area contributed by atoms with Crippen molar-refractivity contribution < 1.29 is 13.9 Å². The van der Waals surface area contributed by atoms with Crippen LogP contribution < -0.4 is 9.47 Å². The van der Waals surface area contributed by atoms with Crippen molar-refractivity contribution in [2.45, 2.75) is 19.4 Å². The zero-order valence-corrected chi connectivity index (χ0v) is 13.0. The number of hydrogen-bond donors (Lipinski definition) is 0. The fourth-order valence-corrected chi connectivity index (χ4v) is 4.10. The quantitative estimate of drug-likeness (QED) is 0.640. The second-order valence-corrected chi connectivity index (χ2v) is 6.76. The molecule has 0 unspecified atom stereocenters. The molecule has 0 fully saturated rings. The monoisotopic (exact) mass is 336 g/mol. The predicted molar refractivity (Wildman–Crippen MR) is 74.4 cm³/mol. The average molecular weight is 335 g/mol. The molecule has 6 heteroatoms. The summed E-state index contributed by atoms with van der Waals surface area (Å²) in [5.41, 5.74) is 2.15. The molecule has 5 nitrogen and oxygen atoms in total. The molecular weight excluding hydrogens is 323 g/mol. The van der Waals surface area contributed by atoms with Crippen molar-refractivity contribution in [2.75, 3.05) is 7.11 Å². The van der Waals surface area contributed by atoms with Gasteiger partial charge in [-0.1, -0.05) is 0 Å². The van der Waals surface area contributed by atoms with Crippen LogP contribution >= 0.6 is 0 Å². The zero-order chi connectivity index (χ0) is 13.9. The van der Waals surface area contributed by atoms with Crippen LogP contribution in [0.5, 0.6) is 11.5 Å². The molecule has 0 spiro atoms. The first kappa shape index (κ1) is 12.0. The molecule has 0 atom stereocenters. The third-order valence-electron chi connectivity index (χ3n) is 3.52. The number of nitrogens with zero attached hydrogens (tertiary/aromatic N) is 2. The fourth-order valence-electron chi connectivity index (χ4n) is 2.65. The van der Waals surface area contributed by atoms with Gasteiger partial charge in [-0.3, -0.25) is 0 Å². The standard InChI is InChI=1S/C14H12N2O3Se/c1-14(2)13-11(15-16-20-13)10-9(19-14)6-8-7(4-5-18-8)12(10)17-3/h4-6H,1-3H3. The molecule has 2 aromatic heterocycles. The van der Waals surface area contributed by atoms with Gasteiger partial charge in [-0.2, -0.15) is 0 Å². The van der Waals surface area contributed by atoms with E-state index in [1.165, 1.54) is 0 Å². The Bertz CT molecular complexity index is 819. The number of benzene rings is 1. The minimum atomic E-state index is -0.392. The van der Waals surface area contributed by atoms with Crippen LogP contribution in [0, 0.1) is 0 Å². The average Bonchev–Trinajstić information content (AvgIpc) is 3.04. The first-order valence-corrected chi connectivity index (χ1v) is 7.84. The second-order valence-electron chi connectivity index (χ2n) is 5.18.